The molecule has 2 N–H and O–H groups in total. The van der Waals surface area contributed by atoms with Gasteiger partial charge in [-0.15, -0.1) is 11.3 Å². The van der Waals surface area contributed by atoms with Crippen molar-refractivity contribution in [3.05, 3.63) is 48.0 Å². The van der Waals surface area contributed by atoms with Crippen LogP contribution in [0.5, 0.6) is 0 Å². The topological polar surface area (TPSA) is 93.4 Å². The van der Waals surface area contributed by atoms with E-state index < -0.39 is 10.0 Å². The number of thioether (sulfide) groups is 1. The number of carbonyl (C=O) groups excluding carboxylic acids is 1. The summed E-state index contributed by atoms with van der Waals surface area (Å²) in [4.78, 5) is 19.2. The highest BCUT2D eigenvalue weighted by Gasteiger charge is 2.31. The monoisotopic (exact) mass is 419 g/mol. The molecule has 0 spiro atoms. The van der Waals surface area contributed by atoms with Gasteiger partial charge in [0.15, 0.2) is 4.34 Å². The van der Waals surface area contributed by atoms with E-state index in [4.69, 9.17) is 5.14 Å². The number of hydrogen-bond donors (Lipinski definition) is 1. The minimum Gasteiger partial charge on any atom is -0.308 e. The van der Waals surface area contributed by atoms with Crippen LogP contribution < -0.4 is 10.0 Å². The summed E-state index contributed by atoms with van der Waals surface area (Å²) >= 11 is 3.00. The van der Waals surface area contributed by atoms with Crippen LogP contribution in [0.4, 0.5) is 5.69 Å². The lowest BCUT2D eigenvalue weighted by Crippen LogP contribution is -2.36. The summed E-state index contributed by atoms with van der Waals surface area (Å²) < 4.78 is 25.1. The number of para-hydroxylation sites is 1. The number of benzene rings is 2. The number of aromatic nitrogens is 1. The summed E-state index contributed by atoms with van der Waals surface area (Å²) in [5.74, 6) is 0.259. The van der Waals surface area contributed by atoms with Crippen molar-refractivity contribution in [2.75, 3.05) is 10.7 Å². The quantitative estimate of drug-likeness (QED) is 0.656. The molecule has 0 bridgehead atoms. The van der Waals surface area contributed by atoms with Gasteiger partial charge in [-0.3, -0.25) is 4.79 Å². The van der Waals surface area contributed by atoms with Crippen LogP contribution in [0.2, 0.25) is 0 Å². The minimum absolute atomic E-state index is 0.0196. The smallest absolute Gasteiger partial charge is 0.238 e. The first kappa shape index (κ1) is 18.4. The molecule has 27 heavy (non-hydrogen) atoms. The standard InChI is InChI=1S/C18H17N3O3S3/c1-11-8-12-9-13(27(19,23)24)6-7-15(12)21(11)17(22)10-25-18-20-14-4-2-3-5-16(14)26-18/h2-7,9,11H,8,10H2,1H3,(H2,19,23,24). The second kappa shape index (κ2) is 6.90. The van der Waals surface area contributed by atoms with Gasteiger partial charge >= 0.3 is 0 Å². The lowest BCUT2D eigenvalue weighted by Gasteiger charge is -2.22. The Hall–Kier alpha value is -1.94. The predicted molar refractivity (Wildman–Crippen MR) is 109 cm³/mol. The van der Waals surface area contributed by atoms with Gasteiger partial charge in [0.25, 0.3) is 0 Å². The molecule has 6 nitrogen and oxygen atoms in total. The van der Waals surface area contributed by atoms with E-state index in [1.807, 2.05) is 31.2 Å². The van der Waals surface area contributed by atoms with Crippen molar-refractivity contribution in [1.82, 2.24) is 4.98 Å². The van der Waals surface area contributed by atoms with Crippen LogP contribution >= 0.6 is 23.1 Å². The van der Waals surface area contributed by atoms with Gasteiger partial charge in [-0.05, 0) is 49.2 Å². The van der Waals surface area contributed by atoms with Gasteiger partial charge in [0, 0.05) is 11.7 Å². The Morgan fingerprint density at radius 2 is 2.11 bits per heavy atom. The maximum absolute atomic E-state index is 12.8. The molecule has 1 atom stereocenters. The maximum atomic E-state index is 12.8. The van der Waals surface area contributed by atoms with Crippen LogP contribution in [-0.2, 0) is 21.2 Å². The molecule has 0 saturated carbocycles. The summed E-state index contributed by atoms with van der Waals surface area (Å²) in [5, 5.41) is 5.21. The van der Waals surface area contributed by atoms with Crippen molar-refractivity contribution in [2.24, 2.45) is 5.14 Å². The molecule has 1 aliphatic heterocycles. The largest absolute Gasteiger partial charge is 0.308 e. The van der Waals surface area contributed by atoms with Gasteiger partial charge in [0.1, 0.15) is 0 Å². The number of hydrogen-bond acceptors (Lipinski definition) is 6. The fourth-order valence-corrected chi connectivity index (χ4v) is 5.76. The highest BCUT2D eigenvalue weighted by Crippen LogP contribution is 2.35. The zero-order valence-corrected chi connectivity index (χ0v) is 16.9. The molecule has 2 heterocycles. The first-order valence-electron chi connectivity index (χ1n) is 8.29. The van der Waals surface area contributed by atoms with Crippen LogP contribution in [0.3, 0.4) is 0 Å². The van der Waals surface area contributed by atoms with Crippen molar-refractivity contribution in [3.8, 4) is 0 Å². The molecule has 1 aromatic heterocycles. The van der Waals surface area contributed by atoms with E-state index in [-0.39, 0.29) is 22.6 Å². The lowest BCUT2D eigenvalue weighted by atomic mass is 10.1. The number of carbonyl (C=O) groups is 1. The number of thiazole rings is 1. The molecule has 140 valence electrons. The van der Waals surface area contributed by atoms with E-state index in [0.29, 0.717) is 6.42 Å². The summed E-state index contributed by atoms with van der Waals surface area (Å²) in [6.45, 7) is 1.96. The van der Waals surface area contributed by atoms with E-state index in [1.165, 1.54) is 17.8 Å². The number of nitrogens with two attached hydrogens (primary N) is 1. The fourth-order valence-electron chi connectivity index (χ4n) is 3.27. The van der Waals surface area contributed by atoms with Gasteiger partial charge < -0.3 is 4.90 Å². The zero-order valence-electron chi connectivity index (χ0n) is 14.5. The molecule has 1 amide bonds. The Morgan fingerprint density at radius 3 is 2.85 bits per heavy atom. The van der Waals surface area contributed by atoms with Crippen molar-refractivity contribution in [3.63, 3.8) is 0 Å². The van der Waals surface area contributed by atoms with Crippen molar-refractivity contribution in [2.45, 2.75) is 28.6 Å². The highest BCUT2D eigenvalue weighted by atomic mass is 32.2. The van der Waals surface area contributed by atoms with Gasteiger partial charge in [-0.1, -0.05) is 23.9 Å². The Kier molecular flexibility index (Phi) is 4.71. The van der Waals surface area contributed by atoms with E-state index in [9.17, 15) is 13.2 Å². The second-order valence-electron chi connectivity index (χ2n) is 6.39. The number of nitrogens with zero attached hydrogens (tertiary/aromatic N) is 2. The Balaban J connectivity index is 1.52. The molecule has 4 rings (SSSR count). The van der Waals surface area contributed by atoms with Crippen molar-refractivity contribution >= 4 is 54.9 Å². The Bertz CT molecular complexity index is 1110. The molecular formula is C18H17N3O3S3. The number of rotatable bonds is 4. The van der Waals surface area contributed by atoms with Gasteiger partial charge in [-0.25, -0.2) is 18.5 Å². The number of fused-ring (bicyclic) bond motifs is 2. The maximum Gasteiger partial charge on any atom is 0.238 e. The third kappa shape index (κ3) is 3.60. The molecule has 9 heteroatoms. The first-order valence-corrected chi connectivity index (χ1v) is 11.6. The number of amides is 1. The molecule has 2 aromatic carbocycles. The predicted octanol–water partition coefficient (Wildman–Crippen LogP) is 3.01. The molecule has 3 aromatic rings. The highest BCUT2D eigenvalue weighted by molar-refractivity contribution is 8.01. The minimum atomic E-state index is -3.75. The average molecular weight is 420 g/mol. The number of sulfonamides is 1. The van der Waals surface area contributed by atoms with Gasteiger partial charge in [-0.2, -0.15) is 0 Å². The fraction of sp³-hybridized carbons (Fsp3) is 0.222. The average Bonchev–Trinajstić information content (AvgIpc) is 3.17. The first-order chi connectivity index (χ1) is 12.8. The van der Waals surface area contributed by atoms with E-state index in [1.54, 1.807) is 28.4 Å². The van der Waals surface area contributed by atoms with E-state index in [2.05, 4.69) is 4.98 Å². The number of anilines is 1. The zero-order chi connectivity index (χ0) is 19.2. The van der Waals surface area contributed by atoms with Crippen LogP contribution in [0.15, 0.2) is 51.7 Å². The van der Waals surface area contributed by atoms with Crippen molar-refractivity contribution < 1.29 is 13.2 Å². The Labute approximate surface area is 165 Å². The van der Waals surface area contributed by atoms with Crippen LogP contribution in [0.1, 0.15) is 12.5 Å². The van der Waals surface area contributed by atoms with Gasteiger partial charge in [0.05, 0.1) is 20.9 Å². The normalized spacial score (nSPS) is 16.7. The Morgan fingerprint density at radius 1 is 1.33 bits per heavy atom. The van der Waals surface area contributed by atoms with E-state index in [0.717, 1.165) is 25.8 Å². The molecule has 0 fully saturated rings. The van der Waals surface area contributed by atoms with Crippen LogP contribution in [-0.4, -0.2) is 31.1 Å². The van der Waals surface area contributed by atoms with Crippen LogP contribution in [0, 0.1) is 0 Å². The molecule has 1 aliphatic rings. The third-order valence-electron chi connectivity index (χ3n) is 4.46. The summed E-state index contributed by atoms with van der Waals surface area (Å²) in [6.07, 6.45) is 0.607. The van der Waals surface area contributed by atoms with Crippen LogP contribution in [0.25, 0.3) is 10.2 Å². The molecule has 1 unspecified atom stereocenters. The SMILES string of the molecule is CC1Cc2cc(S(N)(=O)=O)ccc2N1C(=O)CSc1nc2ccccc2s1. The summed E-state index contributed by atoms with van der Waals surface area (Å²) in [5.41, 5.74) is 2.52. The molecular weight excluding hydrogens is 402 g/mol. The summed E-state index contributed by atoms with van der Waals surface area (Å²) in [7, 11) is -3.75. The molecule has 0 aliphatic carbocycles. The van der Waals surface area contributed by atoms with E-state index >= 15 is 0 Å². The third-order valence-corrected chi connectivity index (χ3v) is 7.53. The lowest BCUT2D eigenvalue weighted by molar-refractivity contribution is -0.116. The number of primary sulfonamides is 1. The second-order valence-corrected chi connectivity index (χ2v) is 10.2. The van der Waals surface area contributed by atoms with Gasteiger partial charge in [0.2, 0.25) is 15.9 Å². The summed E-state index contributed by atoms with van der Waals surface area (Å²) in [6, 6.07) is 12.5. The molecule has 0 saturated heterocycles. The van der Waals surface area contributed by atoms with Crippen molar-refractivity contribution in [1.29, 1.82) is 0 Å². The molecule has 0 radical (unpaired) electrons.